The van der Waals surface area contributed by atoms with Gasteiger partial charge in [-0.15, -0.1) is 0 Å². The summed E-state index contributed by atoms with van der Waals surface area (Å²) in [5.41, 5.74) is 0.840. The highest BCUT2D eigenvalue weighted by atomic mass is 32.2. The summed E-state index contributed by atoms with van der Waals surface area (Å²) in [6.45, 7) is 0. The Balaban J connectivity index is 2.75. The van der Waals surface area contributed by atoms with Crippen LogP contribution in [0.3, 0.4) is 0 Å². The molecule has 0 fully saturated rings. The minimum Gasteiger partial charge on any atom is -0.361 e. The maximum atomic E-state index is 10.7. The average molecular weight is 197 g/mol. The Bertz CT molecular complexity index is 541. The number of benzene rings is 1. The van der Waals surface area contributed by atoms with Crippen molar-refractivity contribution in [3.05, 3.63) is 30.5 Å². The topological polar surface area (TPSA) is 70.2 Å². The third-order valence-corrected chi connectivity index (χ3v) is 2.67. The lowest BCUT2D eigenvalue weighted by Gasteiger charge is -1.95. The average Bonchev–Trinajstić information content (AvgIpc) is 2.47. The highest BCUT2D eigenvalue weighted by molar-refractivity contribution is 7.85. The van der Waals surface area contributed by atoms with Crippen molar-refractivity contribution in [3.63, 3.8) is 0 Å². The van der Waals surface area contributed by atoms with Gasteiger partial charge in [0, 0.05) is 17.1 Å². The third-order valence-electron chi connectivity index (χ3n) is 1.82. The number of aromatic nitrogens is 1. The second kappa shape index (κ2) is 2.58. The van der Waals surface area contributed by atoms with E-state index in [1.54, 1.807) is 18.3 Å². The van der Waals surface area contributed by atoms with E-state index in [4.69, 9.17) is 4.55 Å². The molecule has 0 amide bonds. The first-order chi connectivity index (χ1) is 6.07. The minimum atomic E-state index is -4.09. The summed E-state index contributed by atoms with van der Waals surface area (Å²) in [5.74, 6) is 0. The molecule has 2 rings (SSSR count). The molecule has 0 saturated heterocycles. The third kappa shape index (κ3) is 1.43. The van der Waals surface area contributed by atoms with Gasteiger partial charge in [0.2, 0.25) is 0 Å². The molecule has 0 aliphatic rings. The summed E-state index contributed by atoms with van der Waals surface area (Å²) in [4.78, 5) is 2.84. The fraction of sp³-hybridized carbons (Fsp3) is 0. The lowest BCUT2D eigenvalue weighted by atomic mass is 10.2. The van der Waals surface area contributed by atoms with Crippen LogP contribution in [0.4, 0.5) is 0 Å². The lowest BCUT2D eigenvalue weighted by Crippen LogP contribution is -1.96. The summed E-state index contributed by atoms with van der Waals surface area (Å²) >= 11 is 0. The quantitative estimate of drug-likeness (QED) is 0.679. The Labute approximate surface area is 75.0 Å². The lowest BCUT2D eigenvalue weighted by molar-refractivity contribution is 0.483. The van der Waals surface area contributed by atoms with E-state index in [9.17, 15) is 8.42 Å². The van der Waals surface area contributed by atoms with Crippen LogP contribution in [-0.4, -0.2) is 18.0 Å². The molecule has 1 heterocycles. The first-order valence-electron chi connectivity index (χ1n) is 3.62. The van der Waals surface area contributed by atoms with Crippen molar-refractivity contribution in [2.75, 3.05) is 0 Å². The molecule has 0 radical (unpaired) electrons. The van der Waals surface area contributed by atoms with Gasteiger partial charge in [0.15, 0.2) is 0 Å². The Morgan fingerprint density at radius 3 is 2.69 bits per heavy atom. The number of hydrogen-bond donors (Lipinski definition) is 2. The fourth-order valence-electron chi connectivity index (χ4n) is 1.19. The number of aromatic amines is 1. The first kappa shape index (κ1) is 8.28. The molecule has 2 aromatic rings. The van der Waals surface area contributed by atoms with Crippen LogP contribution in [-0.2, 0) is 10.1 Å². The van der Waals surface area contributed by atoms with Crippen molar-refractivity contribution < 1.29 is 13.0 Å². The summed E-state index contributed by atoms with van der Waals surface area (Å²) < 4.78 is 30.2. The molecule has 0 aliphatic heterocycles. The van der Waals surface area contributed by atoms with E-state index >= 15 is 0 Å². The predicted octanol–water partition coefficient (Wildman–Crippen LogP) is 1.41. The summed E-state index contributed by atoms with van der Waals surface area (Å²) in [6, 6.07) is 6.12. The maximum absolute atomic E-state index is 10.7. The Morgan fingerprint density at radius 2 is 2.00 bits per heavy atom. The number of fused-ring (bicyclic) bond motifs is 1. The van der Waals surface area contributed by atoms with Crippen molar-refractivity contribution >= 4 is 21.0 Å². The molecule has 0 saturated carbocycles. The molecule has 68 valence electrons. The second-order valence-electron chi connectivity index (χ2n) is 2.70. The number of nitrogens with one attached hydrogen (secondary N) is 1. The molecule has 1 aromatic heterocycles. The van der Waals surface area contributed by atoms with Gasteiger partial charge in [-0.1, -0.05) is 0 Å². The van der Waals surface area contributed by atoms with Gasteiger partial charge in [-0.2, -0.15) is 8.42 Å². The van der Waals surface area contributed by atoms with Crippen LogP contribution in [0.2, 0.25) is 0 Å². The zero-order valence-electron chi connectivity index (χ0n) is 6.56. The first-order valence-corrected chi connectivity index (χ1v) is 5.06. The Hall–Kier alpha value is -1.33. The minimum absolute atomic E-state index is 0.0837. The summed E-state index contributed by atoms with van der Waals surface area (Å²) in [5, 5.41) is 0.759. The molecule has 0 atom stereocenters. The Morgan fingerprint density at radius 1 is 1.23 bits per heavy atom. The molecule has 0 aliphatic carbocycles. The Kier molecular flexibility index (Phi) is 1.64. The number of hydrogen-bond acceptors (Lipinski definition) is 2. The van der Waals surface area contributed by atoms with E-state index in [-0.39, 0.29) is 4.90 Å². The van der Waals surface area contributed by atoms with Crippen LogP contribution in [0.5, 0.6) is 0 Å². The normalized spacial score (nSPS) is 12.1. The van der Waals surface area contributed by atoms with E-state index in [0.29, 0.717) is 0 Å². The van der Waals surface area contributed by atoms with Crippen molar-refractivity contribution in [2.24, 2.45) is 0 Å². The van der Waals surface area contributed by atoms with Gasteiger partial charge in [-0.05, 0) is 24.3 Å². The van der Waals surface area contributed by atoms with Crippen LogP contribution < -0.4 is 0 Å². The highest BCUT2D eigenvalue weighted by Crippen LogP contribution is 2.17. The van der Waals surface area contributed by atoms with Crippen LogP contribution in [0.25, 0.3) is 10.9 Å². The van der Waals surface area contributed by atoms with Gasteiger partial charge in [-0.25, -0.2) is 0 Å². The molecule has 13 heavy (non-hydrogen) atoms. The molecular weight excluding hydrogens is 190 g/mol. The standard InChI is InChI=1S/C8H7NO3S/c10-13(11,12)7-1-2-8-6(5-7)3-4-9-8/h1-5,9H,(H,10,11,12). The zero-order chi connectivity index (χ0) is 9.47. The van der Waals surface area contributed by atoms with Gasteiger partial charge in [0.05, 0.1) is 4.90 Å². The van der Waals surface area contributed by atoms with Crippen LogP contribution in [0, 0.1) is 0 Å². The van der Waals surface area contributed by atoms with Gasteiger partial charge in [0.1, 0.15) is 0 Å². The van der Waals surface area contributed by atoms with Gasteiger partial charge < -0.3 is 4.98 Å². The van der Waals surface area contributed by atoms with Crippen LogP contribution in [0.1, 0.15) is 0 Å². The molecular formula is C8H7NO3S. The van der Waals surface area contributed by atoms with Crippen LogP contribution >= 0.6 is 0 Å². The van der Waals surface area contributed by atoms with E-state index < -0.39 is 10.1 Å². The maximum Gasteiger partial charge on any atom is 0.294 e. The van der Waals surface area contributed by atoms with Gasteiger partial charge in [-0.3, -0.25) is 4.55 Å². The largest absolute Gasteiger partial charge is 0.361 e. The van der Waals surface area contributed by atoms with E-state index in [2.05, 4.69) is 4.98 Å². The number of rotatable bonds is 1. The number of H-pyrrole nitrogens is 1. The summed E-state index contributed by atoms with van der Waals surface area (Å²) in [6.07, 6.45) is 1.71. The fourth-order valence-corrected chi connectivity index (χ4v) is 1.71. The molecule has 1 aromatic carbocycles. The van der Waals surface area contributed by atoms with Crippen molar-refractivity contribution in [3.8, 4) is 0 Å². The molecule has 4 nitrogen and oxygen atoms in total. The second-order valence-corrected chi connectivity index (χ2v) is 4.12. The molecule has 5 heteroatoms. The van der Waals surface area contributed by atoms with Crippen LogP contribution in [0.15, 0.2) is 35.4 Å². The predicted molar refractivity (Wildman–Crippen MR) is 48.1 cm³/mol. The highest BCUT2D eigenvalue weighted by Gasteiger charge is 2.09. The smallest absolute Gasteiger partial charge is 0.294 e. The van der Waals surface area contributed by atoms with Gasteiger partial charge >= 0.3 is 0 Å². The van der Waals surface area contributed by atoms with Crippen molar-refractivity contribution in [2.45, 2.75) is 4.90 Å². The SMILES string of the molecule is O=S(=O)(O)c1ccc2[nH]ccc2c1. The molecule has 2 N–H and O–H groups in total. The summed E-state index contributed by atoms with van der Waals surface area (Å²) in [7, 11) is -4.09. The van der Waals surface area contributed by atoms with E-state index in [1.165, 1.54) is 12.1 Å². The van der Waals surface area contributed by atoms with E-state index in [0.717, 1.165) is 10.9 Å². The zero-order valence-corrected chi connectivity index (χ0v) is 7.38. The molecule has 0 unspecified atom stereocenters. The monoisotopic (exact) mass is 197 g/mol. The molecule has 0 spiro atoms. The molecule has 0 bridgehead atoms. The van der Waals surface area contributed by atoms with E-state index in [1.807, 2.05) is 0 Å². The van der Waals surface area contributed by atoms with Crippen molar-refractivity contribution in [1.82, 2.24) is 4.98 Å². The van der Waals surface area contributed by atoms with Crippen molar-refractivity contribution in [1.29, 1.82) is 0 Å². The van der Waals surface area contributed by atoms with Gasteiger partial charge in [0.25, 0.3) is 10.1 Å².